The van der Waals surface area contributed by atoms with E-state index in [0.717, 1.165) is 0 Å². The third kappa shape index (κ3) is 1.03. The predicted octanol–water partition coefficient (Wildman–Crippen LogP) is 0.226. The van der Waals surface area contributed by atoms with Gasteiger partial charge in [-0.25, -0.2) is 0 Å². The fourth-order valence-corrected chi connectivity index (χ4v) is 3.44. The molecule has 0 radical (unpaired) electrons. The first kappa shape index (κ1) is 11.2. The van der Waals surface area contributed by atoms with E-state index >= 15 is 0 Å². The molecule has 6 unspecified atom stereocenters. The van der Waals surface area contributed by atoms with E-state index < -0.39 is 29.4 Å². The van der Waals surface area contributed by atoms with Crippen molar-refractivity contribution in [3.05, 3.63) is 12.2 Å². The van der Waals surface area contributed by atoms with E-state index in [0.29, 0.717) is 0 Å². The topological polar surface area (TPSA) is 65.0 Å². The standard InChI is InChI=1S/C12H16O5/c1-6-4-5-7-8-12(6,10(14)15-3)9(13)11(2,16-7)17-8/h4-9,13H,1-3H3. The van der Waals surface area contributed by atoms with Crippen LogP contribution in [0.15, 0.2) is 12.2 Å². The van der Waals surface area contributed by atoms with Crippen LogP contribution in [-0.4, -0.2) is 42.3 Å². The van der Waals surface area contributed by atoms with Gasteiger partial charge in [0.1, 0.15) is 23.7 Å². The molecule has 17 heavy (non-hydrogen) atoms. The minimum absolute atomic E-state index is 0.142. The van der Waals surface area contributed by atoms with Crippen molar-refractivity contribution in [2.75, 3.05) is 7.11 Å². The molecule has 3 aliphatic rings. The number of esters is 1. The van der Waals surface area contributed by atoms with Crippen molar-refractivity contribution in [2.45, 2.75) is 37.9 Å². The zero-order chi connectivity index (χ0) is 12.4. The Morgan fingerprint density at radius 3 is 2.71 bits per heavy atom. The van der Waals surface area contributed by atoms with Crippen LogP contribution in [0.1, 0.15) is 13.8 Å². The molecule has 0 aromatic carbocycles. The second kappa shape index (κ2) is 3.10. The molecule has 2 bridgehead atoms. The Kier molecular flexibility index (Phi) is 2.04. The molecule has 2 heterocycles. The van der Waals surface area contributed by atoms with Crippen LogP contribution in [0.2, 0.25) is 0 Å². The minimum atomic E-state index is -1.11. The molecular formula is C12H16O5. The maximum absolute atomic E-state index is 12.1. The summed E-state index contributed by atoms with van der Waals surface area (Å²) in [6.07, 6.45) is 2.03. The number of aliphatic hydroxyl groups excluding tert-OH is 1. The average Bonchev–Trinajstić information content (AvgIpc) is 2.76. The number of hydrogen-bond acceptors (Lipinski definition) is 5. The van der Waals surface area contributed by atoms with E-state index in [2.05, 4.69) is 0 Å². The fraction of sp³-hybridized carbons (Fsp3) is 0.750. The molecule has 2 saturated heterocycles. The van der Waals surface area contributed by atoms with Gasteiger partial charge in [0.25, 0.3) is 0 Å². The van der Waals surface area contributed by atoms with Gasteiger partial charge >= 0.3 is 5.97 Å². The van der Waals surface area contributed by atoms with Crippen LogP contribution in [0.5, 0.6) is 0 Å². The molecule has 2 fully saturated rings. The molecule has 1 aliphatic carbocycles. The summed E-state index contributed by atoms with van der Waals surface area (Å²) in [4.78, 5) is 12.1. The number of rotatable bonds is 1. The van der Waals surface area contributed by atoms with Crippen molar-refractivity contribution in [1.82, 2.24) is 0 Å². The van der Waals surface area contributed by atoms with Crippen molar-refractivity contribution in [2.24, 2.45) is 11.3 Å². The summed E-state index contributed by atoms with van der Waals surface area (Å²) < 4.78 is 16.2. The fourth-order valence-electron chi connectivity index (χ4n) is 3.44. The van der Waals surface area contributed by atoms with E-state index in [4.69, 9.17) is 14.2 Å². The highest BCUT2D eigenvalue weighted by Crippen LogP contribution is 2.59. The molecule has 94 valence electrons. The second-order valence-corrected chi connectivity index (χ2v) is 5.14. The van der Waals surface area contributed by atoms with Crippen molar-refractivity contribution < 1.29 is 24.1 Å². The van der Waals surface area contributed by atoms with Gasteiger partial charge in [-0.2, -0.15) is 0 Å². The Morgan fingerprint density at radius 1 is 1.41 bits per heavy atom. The zero-order valence-corrected chi connectivity index (χ0v) is 10.0. The zero-order valence-electron chi connectivity index (χ0n) is 10.0. The second-order valence-electron chi connectivity index (χ2n) is 5.14. The van der Waals surface area contributed by atoms with Gasteiger partial charge in [-0.15, -0.1) is 0 Å². The van der Waals surface area contributed by atoms with Crippen LogP contribution in [0.25, 0.3) is 0 Å². The maximum atomic E-state index is 12.1. The third-order valence-corrected chi connectivity index (χ3v) is 4.33. The summed E-state index contributed by atoms with van der Waals surface area (Å²) in [5.74, 6) is -1.68. The lowest BCUT2D eigenvalue weighted by Gasteiger charge is -2.46. The van der Waals surface area contributed by atoms with Crippen LogP contribution >= 0.6 is 0 Å². The molecule has 6 atom stereocenters. The lowest BCUT2D eigenvalue weighted by atomic mass is 9.62. The first-order chi connectivity index (χ1) is 7.96. The Labute approximate surface area is 99.3 Å². The van der Waals surface area contributed by atoms with E-state index in [1.165, 1.54) is 7.11 Å². The highest BCUT2D eigenvalue weighted by molar-refractivity contribution is 5.81. The molecule has 0 spiro atoms. The third-order valence-electron chi connectivity index (χ3n) is 4.33. The normalized spacial score (nSPS) is 55.1. The maximum Gasteiger partial charge on any atom is 0.318 e. The van der Waals surface area contributed by atoms with Gasteiger partial charge in [0.2, 0.25) is 0 Å². The van der Waals surface area contributed by atoms with Gasteiger partial charge in [-0.1, -0.05) is 19.1 Å². The number of carbonyl (C=O) groups excluding carboxylic acids is 1. The lowest BCUT2D eigenvalue weighted by Crippen LogP contribution is -2.62. The molecule has 0 amide bonds. The quantitative estimate of drug-likeness (QED) is 0.525. The molecule has 0 saturated carbocycles. The van der Waals surface area contributed by atoms with Gasteiger partial charge in [0.05, 0.1) is 7.11 Å². The Bertz CT molecular complexity index is 406. The smallest absolute Gasteiger partial charge is 0.318 e. The largest absolute Gasteiger partial charge is 0.468 e. The molecule has 5 heteroatoms. The molecule has 3 rings (SSSR count). The van der Waals surface area contributed by atoms with E-state index in [1.54, 1.807) is 6.92 Å². The van der Waals surface area contributed by atoms with Gasteiger partial charge in [-0.3, -0.25) is 4.79 Å². The summed E-state index contributed by atoms with van der Waals surface area (Å²) >= 11 is 0. The van der Waals surface area contributed by atoms with Gasteiger partial charge in [0.15, 0.2) is 5.79 Å². The lowest BCUT2D eigenvalue weighted by molar-refractivity contribution is -0.220. The number of ether oxygens (including phenoxy) is 3. The van der Waals surface area contributed by atoms with Gasteiger partial charge in [0, 0.05) is 0 Å². The van der Waals surface area contributed by atoms with E-state index in [1.807, 2.05) is 19.1 Å². The average molecular weight is 240 g/mol. The number of methoxy groups -OCH3 is 1. The van der Waals surface area contributed by atoms with Crippen molar-refractivity contribution >= 4 is 5.97 Å². The number of allylic oxidation sites excluding steroid dienone is 1. The van der Waals surface area contributed by atoms with E-state index in [-0.39, 0.29) is 12.0 Å². The number of carbonyl (C=O) groups is 1. The summed E-state index contributed by atoms with van der Waals surface area (Å²) in [6.45, 7) is 3.56. The number of aliphatic hydroxyl groups is 1. The van der Waals surface area contributed by atoms with Gasteiger partial charge < -0.3 is 19.3 Å². The Morgan fingerprint density at radius 2 is 2.12 bits per heavy atom. The summed E-state index contributed by atoms with van der Waals surface area (Å²) in [5.41, 5.74) is -1.04. The minimum Gasteiger partial charge on any atom is -0.468 e. The van der Waals surface area contributed by atoms with Crippen LogP contribution in [-0.2, 0) is 19.0 Å². The first-order valence-corrected chi connectivity index (χ1v) is 5.77. The van der Waals surface area contributed by atoms with Crippen LogP contribution in [0.3, 0.4) is 0 Å². The van der Waals surface area contributed by atoms with Crippen molar-refractivity contribution in [1.29, 1.82) is 0 Å². The monoisotopic (exact) mass is 240 g/mol. The molecule has 0 aromatic rings. The van der Waals surface area contributed by atoms with Crippen molar-refractivity contribution in [3.8, 4) is 0 Å². The van der Waals surface area contributed by atoms with Crippen LogP contribution in [0.4, 0.5) is 0 Å². The SMILES string of the molecule is COC(=O)C12C(C)C=CC3OC(C)(OC31)C2O. The Balaban J connectivity index is 2.16. The summed E-state index contributed by atoms with van der Waals surface area (Å²) in [6, 6.07) is 0. The van der Waals surface area contributed by atoms with Crippen molar-refractivity contribution in [3.63, 3.8) is 0 Å². The van der Waals surface area contributed by atoms with Crippen LogP contribution < -0.4 is 0 Å². The Hall–Kier alpha value is -0.910. The number of fused-ring (bicyclic) bond motifs is 1. The highest BCUT2D eigenvalue weighted by Gasteiger charge is 2.75. The highest BCUT2D eigenvalue weighted by atomic mass is 16.8. The van der Waals surface area contributed by atoms with Gasteiger partial charge in [-0.05, 0) is 12.8 Å². The summed E-state index contributed by atoms with van der Waals surface area (Å²) in [5, 5.41) is 10.4. The molecule has 1 N–H and O–H groups in total. The predicted molar refractivity (Wildman–Crippen MR) is 56.9 cm³/mol. The van der Waals surface area contributed by atoms with E-state index in [9.17, 15) is 9.90 Å². The number of hydrogen-bond donors (Lipinski definition) is 1. The molecule has 0 aromatic heterocycles. The molecule has 5 nitrogen and oxygen atoms in total. The molecular weight excluding hydrogens is 224 g/mol. The van der Waals surface area contributed by atoms with Crippen LogP contribution in [0, 0.1) is 11.3 Å². The first-order valence-electron chi connectivity index (χ1n) is 5.77. The molecule has 2 aliphatic heterocycles. The summed E-state index contributed by atoms with van der Waals surface area (Å²) in [7, 11) is 1.33.